The van der Waals surface area contributed by atoms with E-state index >= 15 is 0 Å². The first-order valence-electron chi connectivity index (χ1n) is 12.1. The summed E-state index contributed by atoms with van der Waals surface area (Å²) in [7, 11) is 0. The number of hydroxylamine groups is 2. The van der Waals surface area contributed by atoms with Gasteiger partial charge in [0.15, 0.2) is 6.23 Å². The van der Waals surface area contributed by atoms with Gasteiger partial charge in [0.2, 0.25) is 18.4 Å². The minimum atomic E-state index is -1.35. The van der Waals surface area contributed by atoms with Crippen LogP contribution in [0.1, 0.15) is 27.7 Å². The number of nitrogens with one attached hydrogen (secondary N) is 1. The fourth-order valence-electron chi connectivity index (χ4n) is 2.92. The average Bonchev–Trinajstić information content (AvgIpc) is 2.96. The molecular weight excluding hydrogens is 528 g/mol. The minimum Gasteiger partial charge on any atom is -0.462 e. The van der Waals surface area contributed by atoms with Gasteiger partial charge in [-0.25, -0.2) is 0 Å². The summed E-state index contributed by atoms with van der Waals surface area (Å²) in [5.74, 6) is -2.64. The van der Waals surface area contributed by atoms with Crippen LogP contribution in [0.3, 0.4) is 0 Å². The van der Waals surface area contributed by atoms with E-state index < -0.39 is 55.3 Å². The van der Waals surface area contributed by atoms with Gasteiger partial charge in [0.1, 0.15) is 12.7 Å². The number of carbonyl (C=O) groups is 4. The highest BCUT2D eigenvalue weighted by Crippen LogP contribution is 2.23. The van der Waals surface area contributed by atoms with Crippen molar-refractivity contribution in [1.82, 2.24) is 10.4 Å². The fourth-order valence-corrected chi connectivity index (χ4v) is 2.92. The van der Waals surface area contributed by atoms with E-state index in [1.807, 2.05) is 0 Å². The van der Waals surface area contributed by atoms with Crippen molar-refractivity contribution in [3.8, 4) is 0 Å². The van der Waals surface area contributed by atoms with Crippen LogP contribution in [0.2, 0.25) is 0 Å². The van der Waals surface area contributed by atoms with Gasteiger partial charge >= 0.3 is 17.9 Å². The van der Waals surface area contributed by atoms with E-state index in [-0.39, 0.29) is 58.6 Å². The Morgan fingerprint density at radius 1 is 0.949 bits per heavy atom. The molecule has 3 N–H and O–H groups in total. The number of amides is 1. The number of aliphatic hydroxyl groups is 2. The van der Waals surface area contributed by atoms with Crippen LogP contribution in [0.25, 0.3) is 0 Å². The van der Waals surface area contributed by atoms with Gasteiger partial charge in [-0.3, -0.25) is 19.2 Å². The number of aliphatic hydroxyl groups excluding tert-OH is 2. The number of ether oxygens (including phenoxy) is 7. The summed E-state index contributed by atoms with van der Waals surface area (Å²) in [6, 6.07) is 0. The lowest BCUT2D eigenvalue weighted by atomic mass is 10.3. The molecule has 16 nitrogen and oxygen atoms in total. The van der Waals surface area contributed by atoms with Gasteiger partial charge in [0.25, 0.3) is 0 Å². The maximum atomic E-state index is 11.8. The van der Waals surface area contributed by atoms with Gasteiger partial charge in [0.05, 0.1) is 58.6 Å². The standard InChI is InChI=1S/C23H38N2O14/c1-15(27)24-20-11-21(37-17(3)29)25(39-18(4)30)22(14-36-16(2)28)38-23(20)35-10-9-33-6-5-32-7-8-34-13-19(31)12-26/h11,19,21-23,26,31H,5-10,12-14H2,1-4H3,(H,24,27)/t19-,21-,22-,23-/m1/s1. The molecule has 224 valence electrons. The molecule has 1 rings (SSSR count). The molecule has 16 heteroatoms. The van der Waals surface area contributed by atoms with Crippen molar-refractivity contribution in [3.63, 3.8) is 0 Å². The zero-order valence-corrected chi connectivity index (χ0v) is 22.5. The van der Waals surface area contributed by atoms with Crippen LogP contribution in [0.5, 0.6) is 0 Å². The molecule has 0 radical (unpaired) electrons. The summed E-state index contributed by atoms with van der Waals surface area (Å²) < 4.78 is 37.7. The number of hydrogen-bond donors (Lipinski definition) is 3. The summed E-state index contributed by atoms with van der Waals surface area (Å²) in [5, 5.41) is 21.3. The van der Waals surface area contributed by atoms with Crippen molar-refractivity contribution >= 4 is 23.8 Å². The Labute approximate surface area is 225 Å². The normalized spacial score (nSPS) is 20.4. The van der Waals surface area contributed by atoms with Crippen LogP contribution >= 0.6 is 0 Å². The zero-order chi connectivity index (χ0) is 29.2. The Bertz CT molecular complexity index is 808. The van der Waals surface area contributed by atoms with Gasteiger partial charge in [-0.1, -0.05) is 5.06 Å². The van der Waals surface area contributed by atoms with Gasteiger partial charge in [-0.2, -0.15) is 0 Å². The largest absolute Gasteiger partial charge is 0.462 e. The van der Waals surface area contributed by atoms with Crippen LogP contribution < -0.4 is 5.32 Å². The molecule has 4 atom stereocenters. The molecule has 1 aliphatic heterocycles. The van der Waals surface area contributed by atoms with Crippen molar-refractivity contribution in [1.29, 1.82) is 0 Å². The van der Waals surface area contributed by atoms with Crippen LogP contribution in [-0.2, 0) is 57.2 Å². The third-order valence-corrected chi connectivity index (χ3v) is 4.42. The lowest BCUT2D eigenvalue weighted by molar-refractivity contribution is -0.311. The Kier molecular flexibility index (Phi) is 17.1. The number of carbonyl (C=O) groups excluding carboxylic acids is 4. The highest BCUT2D eigenvalue weighted by atomic mass is 16.8. The lowest BCUT2D eigenvalue weighted by Crippen LogP contribution is -2.49. The molecule has 1 aliphatic rings. The molecular formula is C23H38N2O14. The summed E-state index contributed by atoms with van der Waals surface area (Å²) in [5.41, 5.74) is 0.0471. The molecule has 1 amide bonds. The third kappa shape index (κ3) is 15.5. The van der Waals surface area contributed by atoms with Gasteiger partial charge < -0.3 is 53.5 Å². The van der Waals surface area contributed by atoms with Crippen molar-refractivity contribution < 1.29 is 67.4 Å². The Morgan fingerprint density at radius 3 is 2.10 bits per heavy atom. The first kappa shape index (κ1) is 34.3. The second-order valence-electron chi connectivity index (χ2n) is 7.98. The van der Waals surface area contributed by atoms with Crippen LogP contribution in [0.15, 0.2) is 11.8 Å². The molecule has 0 aromatic rings. The van der Waals surface area contributed by atoms with E-state index in [2.05, 4.69) is 5.32 Å². The van der Waals surface area contributed by atoms with E-state index in [1.54, 1.807) is 0 Å². The number of hydrogen-bond acceptors (Lipinski definition) is 15. The molecule has 1 heterocycles. The molecule has 0 aromatic carbocycles. The van der Waals surface area contributed by atoms with Crippen molar-refractivity contribution in [2.75, 3.05) is 59.5 Å². The van der Waals surface area contributed by atoms with E-state index in [0.717, 1.165) is 18.9 Å². The van der Waals surface area contributed by atoms with E-state index in [4.69, 9.17) is 48.2 Å². The molecule has 0 aliphatic carbocycles. The summed E-state index contributed by atoms with van der Waals surface area (Å²) in [6.07, 6.45) is -3.57. The highest BCUT2D eigenvalue weighted by molar-refractivity contribution is 5.75. The molecule has 0 bridgehead atoms. The first-order chi connectivity index (χ1) is 18.5. The predicted octanol–water partition coefficient (Wildman–Crippen LogP) is -1.66. The second kappa shape index (κ2) is 19.4. The number of nitrogens with zero attached hydrogens (tertiary/aromatic N) is 1. The summed E-state index contributed by atoms with van der Waals surface area (Å²) in [4.78, 5) is 51.9. The van der Waals surface area contributed by atoms with Gasteiger partial charge in [-0.05, 0) is 6.08 Å². The summed E-state index contributed by atoms with van der Waals surface area (Å²) in [6.45, 7) is 4.93. The highest BCUT2D eigenvalue weighted by Gasteiger charge is 2.39. The van der Waals surface area contributed by atoms with Crippen molar-refractivity contribution in [2.24, 2.45) is 0 Å². The number of esters is 2. The SMILES string of the molecule is CC(=O)NC1=C[C@@H](OC(C)=O)N(OC(C)=O)[C@@H](COC(C)=O)O[C@H]1OCCOCCOCCOC[C@H](O)CO. The Balaban J connectivity index is 2.76. The maximum Gasteiger partial charge on any atom is 0.322 e. The van der Waals surface area contributed by atoms with Gasteiger partial charge in [-0.15, -0.1) is 0 Å². The molecule has 0 aromatic heterocycles. The fraction of sp³-hybridized carbons (Fsp3) is 0.739. The van der Waals surface area contributed by atoms with E-state index in [1.165, 1.54) is 19.9 Å². The molecule has 0 spiro atoms. The Hall–Kier alpha value is -2.70. The van der Waals surface area contributed by atoms with Gasteiger partial charge in [0, 0.05) is 27.7 Å². The first-order valence-corrected chi connectivity index (χ1v) is 12.1. The van der Waals surface area contributed by atoms with E-state index in [0.29, 0.717) is 0 Å². The van der Waals surface area contributed by atoms with Crippen LogP contribution in [-0.4, -0.2) is 123 Å². The average molecular weight is 567 g/mol. The van der Waals surface area contributed by atoms with E-state index in [9.17, 15) is 19.2 Å². The third-order valence-electron chi connectivity index (χ3n) is 4.42. The second-order valence-corrected chi connectivity index (χ2v) is 7.98. The minimum absolute atomic E-state index is 0.00779. The number of rotatable bonds is 18. The monoisotopic (exact) mass is 566 g/mol. The van der Waals surface area contributed by atoms with Crippen LogP contribution in [0, 0.1) is 0 Å². The predicted molar refractivity (Wildman–Crippen MR) is 128 cm³/mol. The van der Waals surface area contributed by atoms with Crippen LogP contribution in [0.4, 0.5) is 0 Å². The van der Waals surface area contributed by atoms with Crippen molar-refractivity contribution in [3.05, 3.63) is 11.8 Å². The molecule has 0 fully saturated rings. The maximum absolute atomic E-state index is 11.8. The Morgan fingerprint density at radius 2 is 1.56 bits per heavy atom. The van der Waals surface area contributed by atoms with Crippen molar-refractivity contribution in [2.45, 2.75) is 52.5 Å². The molecule has 0 saturated carbocycles. The molecule has 0 saturated heterocycles. The zero-order valence-electron chi connectivity index (χ0n) is 22.5. The molecule has 39 heavy (non-hydrogen) atoms. The lowest BCUT2D eigenvalue weighted by Gasteiger charge is -2.32. The topological polar surface area (TPSA) is 198 Å². The molecule has 0 unspecified atom stereocenters. The summed E-state index contributed by atoms with van der Waals surface area (Å²) >= 11 is 0. The smallest absolute Gasteiger partial charge is 0.322 e. The quantitative estimate of drug-likeness (QED) is 0.126.